The van der Waals surface area contributed by atoms with E-state index in [-0.39, 0.29) is 11.5 Å². The first-order chi connectivity index (χ1) is 6.97. The quantitative estimate of drug-likeness (QED) is 0.765. The monoisotopic (exact) mass is 236 g/mol. The second-order valence-corrected chi connectivity index (χ2v) is 6.69. The smallest absolute Gasteiger partial charge is 0.150 e. The van der Waals surface area contributed by atoms with Crippen LogP contribution in [0.2, 0.25) is 0 Å². The van der Waals surface area contributed by atoms with Gasteiger partial charge >= 0.3 is 0 Å². The molecule has 15 heavy (non-hydrogen) atoms. The third-order valence-corrected chi connectivity index (χ3v) is 4.63. The van der Waals surface area contributed by atoms with Gasteiger partial charge in [0, 0.05) is 12.4 Å². The Bertz CT molecular complexity index is 278. The van der Waals surface area contributed by atoms with Gasteiger partial charge in [0.25, 0.3) is 0 Å². The van der Waals surface area contributed by atoms with Crippen molar-refractivity contribution in [3.8, 4) is 0 Å². The van der Waals surface area contributed by atoms with Crippen molar-refractivity contribution in [1.29, 1.82) is 0 Å². The van der Waals surface area contributed by atoms with E-state index in [0.717, 1.165) is 12.8 Å². The fourth-order valence-corrected chi connectivity index (χ4v) is 2.67. The SMILES string of the molecule is CCS(=O)(=O)CCCC1(O)CCCOC1. The highest BCUT2D eigenvalue weighted by molar-refractivity contribution is 7.91. The molecule has 0 aromatic carbocycles. The molecule has 0 saturated carbocycles. The maximum absolute atomic E-state index is 11.2. The Hall–Kier alpha value is -0.130. The zero-order chi connectivity index (χ0) is 11.4. The molecule has 1 aliphatic heterocycles. The average Bonchev–Trinajstić information content (AvgIpc) is 2.18. The number of hydrogen-bond donors (Lipinski definition) is 1. The second-order valence-electron chi connectivity index (χ2n) is 4.22. The molecule has 1 heterocycles. The van der Waals surface area contributed by atoms with Crippen molar-refractivity contribution in [2.75, 3.05) is 24.7 Å². The topological polar surface area (TPSA) is 63.6 Å². The number of hydrogen-bond acceptors (Lipinski definition) is 4. The zero-order valence-electron chi connectivity index (χ0n) is 9.24. The Balaban J connectivity index is 2.30. The van der Waals surface area contributed by atoms with Crippen LogP contribution in [0.5, 0.6) is 0 Å². The minimum absolute atomic E-state index is 0.172. The molecule has 0 aromatic heterocycles. The zero-order valence-corrected chi connectivity index (χ0v) is 10.1. The predicted molar refractivity (Wildman–Crippen MR) is 58.6 cm³/mol. The highest BCUT2D eigenvalue weighted by Gasteiger charge is 2.29. The summed E-state index contributed by atoms with van der Waals surface area (Å²) in [5.74, 6) is 0.355. The van der Waals surface area contributed by atoms with Crippen molar-refractivity contribution in [3.05, 3.63) is 0 Å². The van der Waals surface area contributed by atoms with Crippen molar-refractivity contribution >= 4 is 9.84 Å². The van der Waals surface area contributed by atoms with Crippen molar-refractivity contribution in [1.82, 2.24) is 0 Å². The van der Waals surface area contributed by atoms with Crippen LogP contribution in [0.1, 0.15) is 32.6 Å². The minimum Gasteiger partial charge on any atom is -0.387 e. The van der Waals surface area contributed by atoms with Gasteiger partial charge < -0.3 is 9.84 Å². The summed E-state index contributed by atoms with van der Waals surface area (Å²) in [5.41, 5.74) is -0.790. The van der Waals surface area contributed by atoms with Gasteiger partial charge in [0.1, 0.15) is 9.84 Å². The normalized spacial score (nSPS) is 27.9. The van der Waals surface area contributed by atoms with Crippen molar-refractivity contribution in [2.45, 2.75) is 38.2 Å². The van der Waals surface area contributed by atoms with Gasteiger partial charge in [-0.2, -0.15) is 0 Å². The van der Waals surface area contributed by atoms with Crippen LogP contribution < -0.4 is 0 Å². The van der Waals surface area contributed by atoms with Gasteiger partial charge in [-0.15, -0.1) is 0 Å². The van der Waals surface area contributed by atoms with Gasteiger partial charge in [-0.05, 0) is 25.7 Å². The van der Waals surface area contributed by atoms with Crippen LogP contribution >= 0.6 is 0 Å². The van der Waals surface area contributed by atoms with E-state index in [9.17, 15) is 13.5 Å². The van der Waals surface area contributed by atoms with Gasteiger partial charge in [0.2, 0.25) is 0 Å². The summed E-state index contributed by atoms with van der Waals surface area (Å²) >= 11 is 0. The molecule has 1 unspecified atom stereocenters. The molecule has 0 radical (unpaired) electrons. The van der Waals surface area contributed by atoms with Gasteiger partial charge in [0.15, 0.2) is 0 Å². The Labute approximate surface area is 91.6 Å². The Morgan fingerprint density at radius 2 is 2.20 bits per heavy atom. The molecule has 0 aromatic rings. The second kappa shape index (κ2) is 5.27. The summed E-state index contributed by atoms with van der Waals surface area (Å²) in [6, 6.07) is 0. The lowest BCUT2D eigenvalue weighted by molar-refractivity contribution is -0.0897. The predicted octanol–water partition coefficient (Wildman–Crippen LogP) is 0.743. The first-order valence-electron chi connectivity index (χ1n) is 5.48. The van der Waals surface area contributed by atoms with Crippen LogP contribution in [-0.2, 0) is 14.6 Å². The van der Waals surface area contributed by atoms with Gasteiger partial charge in [-0.3, -0.25) is 0 Å². The van der Waals surface area contributed by atoms with Crippen LogP contribution in [0.3, 0.4) is 0 Å². The molecule has 1 N–H and O–H groups in total. The largest absolute Gasteiger partial charge is 0.387 e. The molecule has 0 aliphatic carbocycles. The molecule has 0 spiro atoms. The molecule has 1 rings (SSSR count). The van der Waals surface area contributed by atoms with Gasteiger partial charge in [-0.25, -0.2) is 8.42 Å². The average molecular weight is 236 g/mol. The third kappa shape index (κ3) is 4.49. The maximum atomic E-state index is 11.2. The number of ether oxygens (including phenoxy) is 1. The van der Waals surface area contributed by atoms with Crippen molar-refractivity contribution in [2.24, 2.45) is 0 Å². The summed E-state index contributed by atoms with van der Waals surface area (Å²) in [7, 11) is -2.90. The molecule has 1 atom stereocenters. The van der Waals surface area contributed by atoms with Crippen LogP contribution in [0, 0.1) is 0 Å². The summed E-state index contributed by atoms with van der Waals surface area (Å²) in [4.78, 5) is 0. The Morgan fingerprint density at radius 1 is 1.47 bits per heavy atom. The summed E-state index contributed by atoms with van der Waals surface area (Å²) in [6.45, 7) is 2.70. The lowest BCUT2D eigenvalue weighted by Gasteiger charge is -2.31. The first kappa shape index (κ1) is 12.9. The lowest BCUT2D eigenvalue weighted by atomic mass is 9.92. The fourth-order valence-electron chi connectivity index (χ4n) is 1.80. The molecule has 4 nitrogen and oxygen atoms in total. The van der Waals surface area contributed by atoms with Gasteiger partial charge in [0.05, 0.1) is 18.0 Å². The maximum Gasteiger partial charge on any atom is 0.150 e. The van der Waals surface area contributed by atoms with Crippen molar-refractivity contribution in [3.63, 3.8) is 0 Å². The van der Waals surface area contributed by atoms with E-state index in [1.54, 1.807) is 6.92 Å². The van der Waals surface area contributed by atoms with Crippen LogP contribution in [0.4, 0.5) is 0 Å². The van der Waals surface area contributed by atoms with E-state index in [0.29, 0.717) is 26.1 Å². The number of aliphatic hydroxyl groups is 1. The molecule has 1 aliphatic rings. The molecule has 0 bridgehead atoms. The Kier molecular flexibility index (Phi) is 4.55. The molecular weight excluding hydrogens is 216 g/mol. The molecule has 1 fully saturated rings. The highest BCUT2D eigenvalue weighted by atomic mass is 32.2. The lowest BCUT2D eigenvalue weighted by Crippen LogP contribution is -2.38. The number of rotatable bonds is 5. The molecule has 0 amide bonds. The van der Waals surface area contributed by atoms with E-state index in [2.05, 4.69) is 0 Å². The van der Waals surface area contributed by atoms with Crippen molar-refractivity contribution < 1.29 is 18.3 Å². The van der Waals surface area contributed by atoms with Gasteiger partial charge in [-0.1, -0.05) is 6.92 Å². The minimum atomic E-state index is -2.90. The first-order valence-corrected chi connectivity index (χ1v) is 7.30. The fraction of sp³-hybridized carbons (Fsp3) is 1.00. The summed E-state index contributed by atoms with van der Waals surface area (Å²) in [5, 5.41) is 10.0. The van der Waals surface area contributed by atoms with E-state index in [1.807, 2.05) is 0 Å². The third-order valence-electron chi connectivity index (χ3n) is 2.84. The highest BCUT2D eigenvalue weighted by Crippen LogP contribution is 2.24. The molecule has 90 valence electrons. The van der Waals surface area contributed by atoms with E-state index in [4.69, 9.17) is 4.74 Å². The van der Waals surface area contributed by atoms with Crippen LogP contribution in [0.15, 0.2) is 0 Å². The molecular formula is C10H20O4S. The van der Waals surface area contributed by atoms with Crippen LogP contribution in [-0.4, -0.2) is 43.8 Å². The summed E-state index contributed by atoms with van der Waals surface area (Å²) in [6.07, 6.45) is 2.62. The Morgan fingerprint density at radius 3 is 2.73 bits per heavy atom. The van der Waals surface area contributed by atoms with E-state index in [1.165, 1.54) is 0 Å². The molecule has 5 heteroatoms. The standard InChI is InChI=1S/C10H20O4S/c1-2-15(12,13)8-4-6-10(11)5-3-7-14-9-10/h11H,2-9H2,1H3. The van der Waals surface area contributed by atoms with E-state index >= 15 is 0 Å². The number of sulfone groups is 1. The van der Waals surface area contributed by atoms with E-state index < -0.39 is 15.4 Å². The molecule has 1 saturated heterocycles. The summed E-state index contributed by atoms with van der Waals surface area (Å²) < 4.78 is 27.7. The van der Waals surface area contributed by atoms with Crippen LogP contribution in [0.25, 0.3) is 0 Å².